The van der Waals surface area contributed by atoms with Crippen molar-refractivity contribution >= 4 is 5.69 Å². The molecule has 2 atom stereocenters. The van der Waals surface area contributed by atoms with E-state index in [-0.39, 0.29) is 5.82 Å². The Morgan fingerprint density at radius 3 is 2.67 bits per heavy atom. The van der Waals surface area contributed by atoms with Gasteiger partial charge in [-0.1, -0.05) is 19.8 Å². The van der Waals surface area contributed by atoms with Crippen LogP contribution in [0.4, 0.5) is 10.1 Å². The van der Waals surface area contributed by atoms with Gasteiger partial charge in [-0.2, -0.15) is 5.26 Å². The van der Waals surface area contributed by atoms with Gasteiger partial charge in [0.1, 0.15) is 5.82 Å². The summed E-state index contributed by atoms with van der Waals surface area (Å²) >= 11 is 0. The van der Waals surface area contributed by atoms with Crippen LogP contribution in [0.2, 0.25) is 0 Å². The van der Waals surface area contributed by atoms with E-state index >= 15 is 0 Å². The number of benzene rings is 1. The molecule has 1 aromatic carbocycles. The van der Waals surface area contributed by atoms with Gasteiger partial charge in [0.05, 0.1) is 17.3 Å². The largest absolute Gasteiger partial charge is 0.369 e. The Bertz CT molecular complexity index is 464. The SMILES string of the molecule is CC1CCCCC1N(C)c1ccc(C#N)cc1F. The molecule has 0 N–H and O–H groups in total. The summed E-state index contributed by atoms with van der Waals surface area (Å²) in [5.41, 5.74) is 0.981. The quantitative estimate of drug-likeness (QED) is 0.795. The zero-order chi connectivity index (χ0) is 13.1. The molecule has 2 rings (SSSR count). The number of hydrogen-bond acceptors (Lipinski definition) is 2. The van der Waals surface area contributed by atoms with Gasteiger partial charge in [0.2, 0.25) is 0 Å². The maximum atomic E-state index is 14.0. The molecule has 1 aromatic rings. The minimum absolute atomic E-state index is 0.297. The van der Waals surface area contributed by atoms with Gasteiger partial charge in [0, 0.05) is 13.1 Å². The van der Waals surface area contributed by atoms with Crippen LogP contribution in [-0.4, -0.2) is 13.1 Å². The predicted molar refractivity (Wildman–Crippen MR) is 70.9 cm³/mol. The molecule has 0 aliphatic heterocycles. The summed E-state index contributed by atoms with van der Waals surface area (Å²) in [5.74, 6) is 0.299. The first kappa shape index (κ1) is 12.9. The van der Waals surface area contributed by atoms with Crippen LogP contribution >= 0.6 is 0 Å². The highest BCUT2D eigenvalue weighted by atomic mass is 19.1. The second-order valence-corrected chi connectivity index (χ2v) is 5.22. The molecular weight excluding hydrogens is 227 g/mol. The fraction of sp³-hybridized carbons (Fsp3) is 0.533. The monoisotopic (exact) mass is 246 g/mol. The molecule has 0 spiro atoms. The number of nitriles is 1. The van der Waals surface area contributed by atoms with Crippen LogP contribution in [-0.2, 0) is 0 Å². The van der Waals surface area contributed by atoms with E-state index in [0.29, 0.717) is 23.2 Å². The maximum absolute atomic E-state index is 14.0. The first-order chi connectivity index (χ1) is 8.63. The zero-order valence-electron chi connectivity index (χ0n) is 11.0. The van der Waals surface area contributed by atoms with Gasteiger partial charge in [-0.25, -0.2) is 4.39 Å². The van der Waals surface area contributed by atoms with Crippen molar-refractivity contribution in [1.29, 1.82) is 5.26 Å². The van der Waals surface area contributed by atoms with Crippen LogP contribution in [0, 0.1) is 23.1 Å². The van der Waals surface area contributed by atoms with Crippen molar-refractivity contribution in [2.45, 2.75) is 38.6 Å². The normalized spacial score (nSPS) is 23.4. The molecule has 0 aromatic heterocycles. The minimum Gasteiger partial charge on any atom is -0.369 e. The van der Waals surface area contributed by atoms with Crippen LogP contribution in [0.5, 0.6) is 0 Å². The molecule has 0 radical (unpaired) electrons. The Balaban J connectivity index is 2.22. The maximum Gasteiger partial charge on any atom is 0.147 e. The van der Waals surface area contributed by atoms with Crippen molar-refractivity contribution in [1.82, 2.24) is 0 Å². The summed E-state index contributed by atoms with van der Waals surface area (Å²) in [4.78, 5) is 2.04. The molecule has 1 fully saturated rings. The zero-order valence-corrected chi connectivity index (χ0v) is 11.0. The second kappa shape index (κ2) is 5.39. The Morgan fingerprint density at radius 2 is 2.06 bits per heavy atom. The number of hydrogen-bond donors (Lipinski definition) is 0. The van der Waals surface area contributed by atoms with E-state index in [4.69, 9.17) is 5.26 Å². The van der Waals surface area contributed by atoms with Crippen LogP contribution in [0.3, 0.4) is 0 Å². The van der Waals surface area contributed by atoms with E-state index < -0.39 is 0 Å². The van der Waals surface area contributed by atoms with Crippen molar-refractivity contribution < 1.29 is 4.39 Å². The first-order valence-corrected chi connectivity index (χ1v) is 6.56. The third-order valence-corrected chi connectivity index (χ3v) is 4.02. The van der Waals surface area contributed by atoms with Gasteiger partial charge < -0.3 is 4.90 Å². The Kier molecular flexibility index (Phi) is 3.86. The lowest BCUT2D eigenvalue weighted by molar-refractivity contribution is 0.320. The summed E-state index contributed by atoms with van der Waals surface area (Å²) in [6.45, 7) is 2.24. The fourth-order valence-corrected chi connectivity index (χ4v) is 2.91. The molecule has 0 heterocycles. The van der Waals surface area contributed by atoms with Crippen molar-refractivity contribution in [3.05, 3.63) is 29.6 Å². The second-order valence-electron chi connectivity index (χ2n) is 5.22. The average Bonchev–Trinajstić information content (AvgIpc) is 2.38. The van der Waals surface area contributed by atoms with E-state index in [1.165, 1.54) is 25.3 Å². The third kappa shape index (κ3) is 2.48. The highest BCUT2D eigenvalue weighted by Crippen LogP contribution is 2.31. The molecule has 3 heteroatoms. The Hall–Kier alpha value is -1.56. The van der Waals surface area contributed by atoms with Crippen LogP contribution in [0.1, 0.15) is 38.2 Å². The molecular formula is C15H19FN2. The fourth-order valence-electron chi connectivity index (χ4n) is 2.91. The summed E-state index contributed by atoms with van der Waals surface area (Å²) in [7, 11) is 1.96. The highest BCUT2D eigenvalue weighted by Gasteiger charge is 2.26. The molecule has 1 aliphatic carbocycles. The van der Waals surface area contributed by atoms with Crippen molar-refractivity contribution in [3.8, 4) is 6.07 Å². The van der Waals surface area contributed by atoms with Crippen LogP contribution in [0.15, 0.2) is 18.2 Å². The van der Waals surface area contributed by atoms with Gasteiger partial charge >= 0.3 is 0 Å². The molecule has 0 saturated heterocycles. The van der Waals surface area contributed by atoms with Gasteiger partial charge in [-0.05, 0) is 37.0 Å². The molecule has 1 saturated carbocycles. The predicted octanol–water partition coefficient (Wildman–Crippen LogP) is 3.71. The topological polar surface area (TPSA) is 27.0 Å². The van der Waals surface area contributed by atoms with E-state index in [2.05, 4.69) is 6.92 Å². The highest BCUT2D eigenvalue weighted by molar-refractivity contribution is 5.51. The number of anilines is 1. The lowest BCUT2D eigenvalue weighted by atomic mass is 9.85. The van der Waals surface area contributed by atoms with Gasteiger partial charge in [-0.3, -0.25) is 0 Å². The third-order valence-electron chi connectivity index (χ3n) is 4.02. The molecule has 0 amide bonds. The van der Waals surface area contributed by atoms with Crippen molar-refractivity contribution in [2.24, 2.45) is 5.92 Å². The van der Waals surface area contributed by atoms with Crippen LogP contribution < -0.4 is 4.90 Å². The number of halogens is 1. The number of rotatable bonds is 2. The van der Waals surface area contributed by atoms with Gasteiger partial charge in [-0.15, -0.1) is 0 Å². The molecule has 0 bridgehead atoms. The molecule has 1 aliphatic rings. The first-order valence-electron chi connectivity index (χ1n) is 6.56. The summed E-state index contributed by atoms with van der Waals surface area (Å²) in [5, 5.41) is 8.75. The van der Waals surface area contributed by atoms with E-state index in [0.717, 1.165) is 6.42 Å². The van der Waals surface area contributed by atoms with Crippen molar-refractivity contribution in [2.75, 3.05) is 11.9 Å². The van der Waals surface area contributed by atoms with Gasteiger partial charge in [0.25, 0.3) is 0 Å². The molecule has 2 nitrogen and oxygen atoms in total. The Morgan fingerprint density at radius 1 is 1.33 bits per heavy atom. The summed E-state index contributed by atoms with van der Waals surface area (Å²) < 4.78 is 14.0. The Labute approximate surface area is 108 Å². The van der Waals surface area contributed by atoms with E-state index in [9.17, 15) is 4.39 Å². The standard InChI is InChI=1S/C15H19FN2/c1-11-5-3-4-6-14(11)18(2)15-8-7-12(10-17)9-13(15)16/h7-9,11,14H,3-6H2,1-2H3. The molecule has 2 unspecified atom stereocenters. The lowest BCUT2D eigenvalue weighted by Gasteiger charge is -2.37. The molecule has 18 heavy (non-hydrogen) atoms. The summed E-state index contributed by atoms with van der Waals surface area (Å²) in [6.07, 6.45) is 4.84. The lowest BCUT2D eigenvalue weighted by Crippen LogP contribution is -2.39. The van der Waals surface area contributed by atoms with Crippen LogP contribution in [0.25, 0.3) is 0 Å². The van der Waals surface area contributed by atoms with E-state index in [1.54, 1.807) is 12.1 Å². The summed E-state index contributed by atoms with van der Waals surface area (Å²) in [6, 6.07) is 7.09. The van der Waals surface area contributed by atoms with Crippen molar-refractivity contribution in [3.63, 3.8) is 0 Å². The van der Waals surface area contributed by atoms with Gasteiger partial charge in [0.15, 0.2) is 0 Å². The smallest absolute Gasteiger partial charge is 0.147 e. The number of nitrogens with zero attached hydrogens (tertiary/aromatic N) is 2. The average molecular weight is 246 g/mol. The van der Waals surface area contributed by atoms with E-state index in [1.807, 2.05) is 18.0 Å². The molecule has 96 valence electrons. The minimum atomic E-state index is -0.297.